The van der Waals surface area contributed by atoms with Crippen LogP contribution in [0.5, 0.6) is 0 Å². The third-order valence-corrected chi connectivity index (χ3v) is 4.70. The maximum Gasteiger partial charge on any atom is 0.326 e. The van der Waals surface area contributed by atoms with Gasteiger partial charge in [0.05, 0.1) is 18.9 Å². The first-order chi connectivity index (χ1) is 11.1. The molecule has 0 aromatic heterocycles. The van der Waals surface area contributed by atoms with Crippen molar-refractivity contribution in [3.63, 3.8) is 0 Å². The van der Waals surface area contributed by atoms with Crippen LogP contribution >= 0.6 is 0 Å². The molecule has 2 aliphatic rings. The lowest BCUT2D eigenvalue weighted by molar-refractivity contribution is 0.00293. The maximum absolute atomic E-state index is 12.5. The molecule has 124 valence electrons. The van der Waals surface area contributed by atoms with E-state index in [9.17, 15) is 4.79 Å². The minimum atomic E-state index is -0.0902. The van der Waals surface area contributed by atoms with Gasteiger partial charge in [0.2, 0.25) is 0 Å². The second kappa shape index (κ2) is 6.72. The van der Waals surface area contributed by atoms with Crippen LogP contribution in [0.2, 0.25) is 0 Å². The first-order valence-electron chi connectivity index (χ1n) is 8.26. The monoisotopic (exact) mass is 315 g/mol. The molecule has 2 amide bonds. The van der Waals surface area contributed by atoms with E-state index in [1.54, 1.807) is 4.90 Å². The van der Waals surface area contributed by atoms with Crippen LogP contribution < -0.4 is 5.32 Å². The van der Waals surface area contributed by atoms with E-state index < -0.39 is 0 Å². The average Bonchev–Trinajstić information content (AvgIpc) is 2.55. The smallest absolute Gasteiger partial charge is 0.326 e. The van der Waals surface area contributed by atoms with E-state index in [2.05, 4.69) is 30.6 Å². The summed E-state index contributed by atoms with van der Waals surface area (Å²) in [5.74, 6) is 0.450. The van der Waals surface area contributed by atoms with Gasteiger partial charge in [-0.15, -0.1) is 0 Å². The molecule has 5 heteroatoms. The number of hydrogen-bond acceptors (Lipinski definition) is 3. The van der Waals surface area contributed by atoms with Gasteiger partial charge in [0.15, 0.2) is 0 Å². The number of anilines is 1. The molecular formula is C18H25N3O2. The second-order valence-corrected chi connectivity index (χ2v) is 6.49. The normalized spacial score (nSPS) is 20.4. The lowest BCUT2D eigenvalue weighted by Gasteiger charge is -2.41. The Morgan fingerprint density at radius 1 is 1.26 bits per heavy atom. The summed E-state index contributed by atoms with van der Waals surface area (Å²) in [4.78, 5) is 16.7. The molecule has 0 radical (unpaired) electrons. The summed E-state index contributed by atoms with van der Waals surface area (Å²) in [7, 11) is 0. The molecule has 5 nitrogen and oxygen atoms in total. The van der Waals surface area contributed by atoms with Crippen molar-refractivity contribution in [2.24, 2.45) is 5.92 Å². The fourth-order valence-electron chi connectivity index (χ4n) is 3.33. The largest absolute Gasteiger partial charge is 0.379 e. The van der Waals surface area contributed by atoms with Crippen LogP contribution in [0.4, 0.5) is 10.5 Å². The van der Waals surface area contributed by atoms with E-state index in [1.807, 2.05) is 24.3 Å². The molecule has 0 unspecified atom stereocenters. The van der Waals surface area contributed by atoms with Gasteiger partial charge in [-0.1, -0.05) is 38.6 Å². The Balaban J connectivity index is 1.80. The molecule has 0 bridgehead atoms. The summed E-state index contributed by atoms with van der Waals surface area (Å²) in [6, 6.07) is 8.02. The third-order valence-electron chi connectivity index (χ3n) is 4.70. The number of carbonyl (C=O) groups is 1. The van der Waals surface area contributed by atoms with Gasteiger partial charge in [-0.2, -0.15) is 0 Å². The van der Waals surface area contributed by atoms with Crippen molar-refractivity contribution in [1.82, 2.24) is 9.80 Å². The lowest BCUT2D eigenvalue weighted by Crippen LogP contribution is -2.53. The number of amides is 2. The number of urea groups is 1. The SMILES string of the molecule is C=C1c2ccccc2NC(=O)N1C[C@H](C(C)C)N1CCOCC1. The summed E-state index contributed by atoms with van der Waals surface area (Å²) >= 11 is 0. The number of rotatable bonds is 4. The molecule has 2 aliphatic heterocycles. The Kier molecular flexibility index (Phi) is 4.68. The van der Waals surface area contributed by atoms with E-state index in [4.69, 9.17) is 4.74 Å². The number of benzene rings is 1. The fraction of sp³-hybridized carbons (Fsp3) is 0.500. The van der Waals surface area contributed by atoms with Gasteiger partial charge in [0, 0.05) is 36.9 Å². The van der Waals surface area contributed by atoms with Crippen molar-refractivity contribution in [2.45, 2.75) is 19.9 Å². The Labute approximate surface area is 137 Å². The molecule has 3 rings (SSSR count). The van der Waals surface area contributed by atoms with E-state index in [0.29, 0.717) is 18.5 Å². The van der Waals surface area contributed by atoms with Crippen molar-refractivity contribution in [1.29, 1.82) is 0 Å². The number of morpholine rings is 1. The van der Waals surface area contributed by atoms with Gasteiger partial charge in [0.1, 0.15) is 0 Å². The summed E-state index contributed by atoms with van der Waals surface area (Å²) in [6.45, 7) is 12.6. The highest BCUT2D eigenvalue weighted by atomic mass is 16.5. The first-order valence-corrected chi connectivity index (χ1v) is 8.26. The number of hydrogen-bond donors (Lipinski definition) is 1. The quantitative estimate of drug-likeness (QED) is 0.929. The molecule has 2 heterocycles. The number of nitrogens with one attached hydrogen (secondary N) is 1. The molecule has 0 saturated carbocycles. The van der Waals surface area contributed by atoms with Crippen molar-refractivity contribution >= 4 is 17.4 Å². The zero-order valence-corrected chi connectivity index (χ0v) is 13.9. The summed E-state index contributed by atoms with van der Waals surface area (Å²) in [5.41, 5.74) is 2.62. The Morgan fingerprint density at radius 3 is 2.65 bits per heavy atom. The van der Waals surface area contributed by atoms with E-state index in [1.165, 1.54) is 0 Å². The topological polar surface area (TPSA) is 44.8 Å². The highest BCUT2D eigenvalue weighted by Gasteiger charge is 2.32. The third kappa shape index (κ3) is 3.26. The fourth-order valence-corrected chi connectivity index (χ4v) is 3.33. The van der Waals surface area contributed by atoms with Crippen LogP contribution in [0, 0.1) is 5.92 Å². The second-order valence-electron chi connectivity index (χ2n) is 6.49. The standard InChI is InChI=1S/C18H25N3O2/c1-13(2)17(20-8-10-23-11-9-20)12-21-14(3)15-6-4-5-7-16(15)19-18(21)22/h4-7,13,17H,3,8-12H2,1-2H3,(H,19,22)/t17-/m1/s1. The van der Waals surface area contributed by atoms with Crippen LogP contribution in [-0.2, 0) is 4.74 Å². The van der Waals surface area contributed by atoms with E-state index >= 15 is 0 Å². The Bertz CT molecular complexity index is 594. The zero-order valence-electron chi connectivity index (χ0n) is 13.9. The highest BCUT2D eigenvalue weighted by molar-refractivity contribution is 6.02. The van der Waals surface area contributed by atoms with Crippen molar-refractivity contribution < 1.29 is 9.53 Å². The van der Waals surface area contributed by atoms with Gasteiger partial charge in [-0.05, 0) is 12.0 Å². The molecule has 1 N–H and O–H groups in total. The maximum atomic E-state index is 12.5. The average molecular weight is 315 g/mol. The van der Waals surface area contributed by atoms with Gasteiger partial charge < -0.3 is 10.1 Å². The highest BCUT2D eigenvalue weighted by Crippen LogP contribution is 2.31. The zero-order chi connectivity index (χ0) is 16.4. The minimum Gasteiger partial charge on any atom is -0.379 e. The molecule has 1 saturated heterocycles. The molecule has 1 atom stereocenters. The summed E-state index contributed by atoms with van der Waals surface area (Å²) in [5, 5.41) is 2.97. The van der Waals surface area contributed by atoms with E-state index in [0.717, 1.165) is 43.3 Å². The minimum absolute atomic E-state index is 0.0902. The molecule has 0 spiro atoms. The van der Waals surface area contributed by atoms with Crippen LogP contribution in [0.3, 0.4) is 0 Å². The molecular weight excluding hydrogens is 290 g/mol. The first kappa shape index (κ1) is 16.0. The lowest BCUT2D eigenvalue weighted by atomic mass is 9.99. The number of nitrogens with zero attached hydrogens (tertiary/aromatic N) is 2. The van der Waals surface area contributed by atoms with Crippen LogP contribution in [0.25, 0.3) is 5.70 Å². The van der Waals surface area contributed by atoms with Crippen molar-refractivity contribution in [3.8, 4) is 0 Å². The number of fused-ring (bicyclic) bond motifs is 1. The van der Waals surface area contributed by atoms with Gasteiger partial charge in [-0.3, -0.25) is 9.80 Å². The molecule has 23 heavy (non-hydrogen) atoms. The van der Waals surface area contributed by atoms with Gasteiger partial charge in [-0.25, -0.2) is 4.79 Å². The molecule has 1 aromatic carbocycles. The Morgan fingerprint density at radius 2 is 1.96 bits per heavy atom. The molecule has 0 aliphatic carbocycles. The summed E-state index contributed by atoms with van der Waals surface area (Å²) < 4.78 is 5.46. The van der Waals surface area contributed by atoms with Crippen molar-refractivity contribution in [2.75, 3.05) is 38.2 Å². The predicted molar refractivity (Wildman–Crippen MR) is 92.2 cm³/mol. The van der Waals surface area contributed by atoms with Crippen LogP contribution in [-0.4, -0.2) is 54.7 Å². The summed E-state index contributed by atoms with van der Waals surface area (Å²) in [6.07, 6.45) is 0. The van der Waals surface area contributed by atoms with E-state index in [-0.39, 0.29) is 6.03 Å². The van der Waals surface area contributed by atoms with Crippen molar-refractivity contribution in [3.05, 3.63) is 36.4 Å². The van der Waals surface area contributed by atoms with Gasteiger partial charge in [0.25, 0.3) is 0 Å². The predicted octanol–water partition coefficient (Wildman–Crippen LogP) is 2.86. The number of carbonyl (C=O) groups excluding carboxylic acids is 1. The van der Waals surface area contributed by atoms with Crippen LogP contribution in [0.1, 0.15) is 19.4 Å². The Hall–Kier alpha value is -1.85. The molecule has 1 fully saturated rings. The molecule has 1 aromatic rings. The van der Waals surface area contributed by atoms with Gasteiger partial charge >= 0.3 is 6.03 Å². The number of ether oxygens (including phenoxy) is 1. The number of para-hydroxylation sites is 1. The van der Waals surface area contributed by atoms with Crippen LogP contribution in [0.15, 0.2) is 30.8 Å².